The summed E-state index contributed by atoms with van der Waals surface area (Å²) in [7, 11) is -1.18. The maximum absolute atomic E-state index is 10.8. The molecule has 0 heterocycles. The van der Waals surface area contributed by atoms with E-state index in [-0.39, 0.29) is 12.8 Å². The Morgan fingerprint density at radius 3 is 2.19 bits per heavy atom. The maximum atomic E-state index is 10.8. The van der Waals surface area contributed by atoms with Gasteiger partial charge in [0, 0.05) is 14.5 Å². The molecule has 0 aromatic carbocycles. The molecule has 3 N–H and O–H groups in total. The van der Waals surface area contributed by atoms with Crippen LogP contribution < -0.4 is 5.32 Å². The molecule has 0 rings (SSSR count). The monoisotopic (exact) mass is 247 g/mol. The molecule has 1 atom stereocenters. The summed E-state index contributed by atoms with van der Waals surface area (Å²) in [6, 6.07) is 0.247. The lowest BCUT2D eigenvalue weighted by atomic mass is 10.1. The zero-order chi connectivity index (χ0) is 12.8. The quantitative estimate of drug-likeness (QED) is 0.562. The molecule has 0 aromatic heterocycles. The van der Waals surface area contributed by atoms with Gasteiger partial charge in [-0.2, -0.15) is 0 Å². The van der Waals surface area contributed by atoms with E-state index in [4.69, 9.17) is 10.2 Å². The van der Waals surface area contributed by atoms with Crippen LogP contribution in [0.25, 0.3) is 0 Å². The number of nitrogens with one attached hydrogen (secondary N) is 1. The van der Waals surface area contributed by atoms with Crippen LogP contribution >= 0.6 is 0 Å². The minimum atomic E-state index is -1.18. The molecular weight excluding hydrogens is 226 g/mol. The third-order valence-electron chi connectivity index (χ3n) is 2.21. The minimum Gasteiger partial charge on any atom is -0.481 e. The van der Waals surface area contributed by atoms with E-state index in [1.165, 1.54) is 0 Å². The van der Waals surface area contributed by atoms with Crippen molar-refractivity contribution in [3.8, 4) is 0 Å². The van der Waals surface area contributed by atoms with Crippen molar-refractivity contribution in [3.63, 3.8) is 0 Å². The molecule has 16 heavy (non-hydrogen) atoms. The van der Waals surface area contributed by atoms with Crippen LogP contribution in [0.4, 0.5) is 0 Å². The lowest BCUT2D eigenvalue weighted by Gasteiger charge is -2.18. The van der Waals surface area contributed by atoms with Crippen LogP contribution in [-0.2, 0) is 9.59 Å². The third kappa shape index (κ3) is 8.43. The van der Waals surface area contributed by atoms with Crippen molar-refractivity contribution in [2.75, 3.05) is 6.54 Å². The Kier molecular flexibility index (Phi) is 6.28. The minimum absolute atomic E-state index is 0.114. The molecule has 0 aromatic rings. The molecule has 0 saturated carbocycles. The highest BCUT2D eigenvalue weighted by molar-refractivity contribution is 6.76. The second-order valence-electron chi connectivity index (χ2n) is 5.09. The van der Waals surface area contributed by atoms with Gasteiger partial charge in [-0.15, -0.1) is 0 Å². The largest absolute Gasteiger partial charge is 0.481 e. The predicted octanol–water partition coefficient (Wildman–Crippen LogP) is 1.23. The molecule has 5 nitrogen and oxygen atoms in total. The van der Waals surface area contributed by atoms with E-state index in [0.717, 1.165) is 6.04 Å². The van der Waals surface area contributed by atoms with Crippen molar-refractivity contribution >= 4 is 20.0 Å². The number of carboxylic acids is 2. The number of carbonyl (C=O) groups is 2. The van der Waals surface area contributed by atoms with Crippen molar-refractivity contribution in [3.05, 3.63) is 0 Å². The second kappa shape index (κ2) is 6.65. The molecule has 0 aliphatic carbocycles. The van der Waals surface area contributed by atoms with Crippen LogP contribution in [0, 0.1) is 0 Å². The smallest absolute Gasteiger partial charge is 0.320 e. The Bertz CT molecular complexity index is 250. The summed E-state index contributed by atoms with van der Waals surface area (Å²) >= 11 is 0. The number of hydrogen-bond acceptors (Lipinski definition) is 3. The summed E-state index contributed by atoms with van der Waals surface area (Å²) in [6.07, 6.45) is 0.0211. The highest BCUT2D eigenvalue weighted by Gasteiger charge is 2.19. The fraction of sp³-hybridized carbons (Fsp3) is 0.800. The SMILES string of the molecule is C[Si](C)(C)CCN[C@@H](CCC(=O)O)C(=O)O. The van der Waals surface area contributed by atoms with Crippen molar-refractivity contribution in [1.29, 1.82) is 0 Å². The summed E-state index contributed by atoms with van der Waals surface area (Å²) in [5.41, 5.74) is 0. The fourth-order valence-electron chi connectivity index (χ4n) is 1.20. The molecular formula is C10H21NO4Si. The summed E-state index contributed by atoms with van der Waals surface area (Å²) < 4.78 is 0. The van der Waals surface area contributed by atoms with Crippen LogP contribution in [0.5, 0.6) is 0 Å². The van der Waals surface area contributed by atoms with Crippen LogP contribution in [0.3, 0.4) is 0 Å². The molecule has 94 valence electrons. The van der Waals surface area contributed by atoms with Gasteiger partial charge in [0.15, 0.2) is 0 Å². The van der Waals surface area contributed by atoms with Crippen LogP contribution in [0.2, 0.25) is 25.7 Å². The molecule has 0 unspecified atom stereocenters. The van der Waals surface area contributed by atoms with Gasteiger partial charge in [0.1, 0.15) is 6.04 Å². The lowest BCUT2D eigenvalue weighted by molar-refractivity contribution is -0.140. The molecule has 0 radical (unpaired) electrons. The second-order valence-corrected chi connectivity index (χ2v) is 10.7. The lowest BCUT2D eigenvalue weighted by Crippen LogP contribution is -2.39. The van der Waals surface area contributed by atoms with E-state index in [2.05, 4.69) is 25.0 Å². The van der Waals surface area contributed by atoms with Gasteiger partial charge in [0.25, 0.3) is 0 Å². The average molecular weight is 247 g/mol. The molecule has 0 aliphatic rings. The Labute approximate surface area is 96.9 Å². The number of carboxylic acid groups (broad SMARTS) is 2. The predicted molar refractivity (Wildman–Crippen MR) is 64.4 cm³/mol. The van der Waals surface area contributed by atoms with Crippen LogP contribution in [0.1, 0.15) is 12.8 Å². The first-order valence-corrected chi connectivity index (χ1v) is 9.11. The first-order valence-electron chi connectivity index (χ1n) is 5.40. The van der Waals surface area contributed by atoms with E-state index in [1.807, 2.05) is 0 Å². The molecule has 0 spiro atoms. The van der Waals surface area contributed by atoms with Crippen molar-refractivity contribution in [2.24, 2.45) is 0 Å². The van der Waals surface area contributed by atoms with Crippen molar-refractivity contribution in [1.82, 2.24) is 5.32 Å². The van der Waals surface area contributed by atoms with E-state index >= 15 is 0 Å². The third-order valence-corrected chi connectivity index (χ3v) is 3.96. The number of aliphatic carboxylic acids is 2. The average Bonchev–Trinajstić information content (AvgIpc) is 2.07. The standard InChI is InChI=1S/C10H21NO4Si/c1-16(2,3)7-6-11-8(10(14)15)4-5-9(12)13/h8,11H,4-7H2,1-3H3,(H,12,13)(H,14,15)/t8-/m0/s1. The van der Waals surface area contributed by atoms with Gasteiger partial charge in [-0.05, 0) is 19.0 Å². The van der Waals surface area contributed by atoms with Gasteiger partial charge >= 0.3 is 11.9 Å². The highest BCUT2D eigenvalue weighted by atomic mass is 28.3. The first kappa shape index (κ1) is 15.1. The summed E-state index contributed by atoms with van der Waals surface area (Å²) in [6.45, 7) is 7.28. The van der Waals surface area contributed by atoms with Gasteiger partial charge in [0.05, 0.1) is 0 Å². The number of hydrogen-bond donors (Lipinski definition) is 3. The van der Waals surface area contributed by atoms with Gasteiger partial charge in [-0.3, -0.25) is 9.59 Å². The van der Waals surface area contributed by atoms with Gasteiger partial charge in [-0.1, -0.05) is 19.6 Å². The van der Waals surface area contributed by atoms with Gasteiger partial charge in [-0.25, -0.2) is 0 Å². The summed E-state index contributed by atoms with van der Waals surface area (Å²) in [5, 5.41) is 20.3. The Morgan fingerprint density at radius 2 is 1.81 bits per heavy atom. The van der Waals surface area contributed by atoms with Gasteiger partial charge in [0.2, 0.25) is 0 Å². The highest BCUT2D eigenvalue weighted by Crippen LogP contribution is 2.07. The maximum Gasteiger partial charge on any atom is 0.320 e. The van der Waals surface area contributed by atoms with E-state index in [1.54, 1.807) is 0 Å². The molecule has 6 heteroatoms. The summed E-state index contributed by atoms with van der Waals surface area (Å²) in [4.78, 5) is 21.2. The zero-order valence-corrected chi connectivity index (χ0v) is 11.1. The fourth-order valence-corrected chi connectivity index (χ4v) is 2.10. The topological polar surface area (TPSA) is 86.6 Å². The molecule has 0 bridgehead atoms. The molecule has 0 amide bonds. The molecule has 0 saturated heterocycles. The molecule has 0 aliphatic heterocycles. The van der Waals surface area contributed by atoms with Crippen LogP contribution in [-0.4, -0.2) is 42.8 Å². The normalized spacial score (nSPS) is 13.4. The Hall–Kier alpha value is -0.883. The van der Waals surface area contributed by atoms with Gasteiger partial charge < -0.3 is 15.5 Å². The van der Waals surface area contributed by atoms with E-state index in [0.29, 0.717) is 6.54 Å². The molecule has 0 fully saturated rings. The van der Waals surface area contributed by atoms with E-state index in [9.17, 15) is 9.59 Å². The number of rotatable bonds is 8. The zero-order valence-electron chi connectivity index (χ0n) is 10.1. The Morgan fingerprint density at radius 1 is 1.25 bits per heavy atom. The van der Waals surface area contributed by atoms with E-state index < -0.39 is 26.1 Å². The van der Waals surface area contributed by atoms with Crippen molar-refractivity contribution < 1.29 is 19.8 Å². The van der Waals surface area contributed by atoms with Crippen molar-refractivity contribution in [2.45, 2.75) is 44.6 Å². The Balaban J connectivity index is 3.95. The first-order chi connectivity index (χ1) is 7.22. The summed E-state index contributed by atoms with van der Waals surface area (Å²) in [5.74, 6) is -1.94. The van der Waals surface area contributed by atoms with Crippen LogP contribution in [0.15, 0.2) is 0 Å².